The first-order valence-corrected chi connectivity index (χ1v) is 12.6. The maximum atomic E-state index is 13.3. The third kappa shape index (κ3) is 8.32. The van der Waals surface area contributed by atoms with Crippen LogP contribution in [0.15, 0.2) is 18.2 Å². The molecule has 0 aromatic heterocycles. The first-order chi connectivity index (χ1) is 18.9. The van der Waals surface area contributed by atoms with Gasteiger partial charge in [0, 0.05) is 24.6 Å². The largest absolute Gasteiger partial charge is 0.493 e. The number of carboxylic acid groups (broad SMARTS) is 1. The molecule has 0 saturated carbocycles. The Morgan fingerprint density at radius 1 is 1.12 bits per heavy atom. The molecule has 1 aromatic carbocycles. The fourth-order valence-corrected chi connectivity index (χ4v) is 4.23. The number of hydrogen-bond donors (Lipinski definition) is 4. The lowest BCUT2D eigenvalue weighted by Crippen LogP contribution is -2.56. The highest BCUT2D eigenvalue weighted by Gasteiger charge is 2.36. The van der Waals surface area contributed by atoms with Crippen LogP contribution in [0.5, 0.6) is 11.5 Å². The second kappa shape index (κ2) is 14.7. The van der Waals surface area contributed by atoms with Gasteiger partial charge in [-0.2, -0.15) is 0 Å². The number of fused-ring (bicyclic) bond motifs is 2. The van der Waals surface area contributed by atoms with Crippen LogP contribution < -0.4 is 25.4 Å². The molecule has 14 heteroatoms. The number of benzene rings is 1. The summed E-state index contributed by atoms with van der Waals surface area (Å²) < 4.78 is 16.1. The minimum Gasteiger partial charge on any atom is -0.493 e. The topological polar surface area (TPSA) is 190 Å². The van der Waals surface area contributed by atoms with E-state index < -0.39 is 47.9 Å². The zero-order valence-electron chi connectivity index (χ0n) is 23.1. The maximum absolute atomic E-state index is 13.3. The Hall–Kier alpha value is -4.36. The lowest BCUT2D eigenvalue weighted by atomic mass is 10.0. The Bertz CT molecular complexity index is 1110. The van der Waals surface area contributed by atoms with E-state index in [0.717, 1.165) is 0 Å². The fraction of sp³-hybridized carbons (Fsp3) is 0.538. The molecule has 0 aliphatic carbocycles. The van der Waals surface area contributed by atoms with Crippen molar-refractivity contribution in [1.82, 2.24) is 20.9 Å². The minimum absolute atomic E-state index is 0.0380. The summed E-state index contributed by atoms with van der Waals surface area (Å²) in [5.41, 5.74) is 0.250. The van der Waals surface area contributed by atoms with Crippen molar-refractivity contribution in [3.63, 3.8) is 0 Å². The molecule has 40 heavy (non-hydrogen) atoms. The molecule has 0 unspecified atom stereocenters. The predicted molar refractivity (Wildman–Crippen MR) is 140 cm³/mol. The quantitative estimate of drug-likeness (QED) is 0.279. The van der Waals surface area contributed by atoms with Crippen molar-refractivity contribution in [2.75, 3.05) is 27.3 Å². The lowest BCUT2D eigenvalue weighted by Gasteiger charge is -2.33. The van der Waals surface area contributed by atoms with E-state index >= 15 is 0 Å². The van der Waals surface area contributed by atoms with Crippen LogP contribution in [0.3, 0.4) is 0 Å². The number of amides is 4. The molecule has 4 N–H and O–H groups in total. The molecule has 1 aromatic rings. The predicted octanol–water partition coefficient (Wildman–Crippen LogP) is -0.304. The van der Waals surface area contributed by atoms with Crippen molar-refractivity contribution in [2.45, 2.75) is 57.8 Å². The smallest absolute Gasteiger partial charge is 0.349 e. The summed E-state index contributed by atoms with van der Waals surface area (Å²) in [6.07, 6.45) is -0.737. The molecule has 3 rings (SSSR count). The molecule has 14 nitrogen and oxygen atoms in total. The normalized spacial score (nSPS) is 23.2. The number of methoxy groups -OCH3 is 2. The number of hydrogen-bond acceptors (Lipinski definition) is 9. The van der Waals surface area contributed by atoms with Gasteiger partial charge in [-0.05, 0) is 37.5 Å². The van der Waals surface area contributed by atoms with Crippen LogP contribution in [-0.4, -0.2) is 97.6 Å². The number of nitrogens with one attached hydrogen (secondary N) is 3. The van der Waals surface area contributed by atoms with Gasteiger partial charge in [0.05, 0.1) is 26.8 Å². The first kappa shape index (κ1) is 31.9. The van der Waals surface area contributed by atoms with Crippen LogP contribution >= 0.6 is 0 Å². The third-order valence-corrected chi connectivity index (χ3v) is 6.43. The van der Waals surface area contributed by atoms with Gasteiger partial charge in [0.25, 0.3) is 12.4 Å². The molecule has 1 fully saturated rings. The molecule has 4 atom stereocenters. The molecular formula is C26H36N4O10. The summed E-state index contributed by atoms with van der Waals surface area (Å²) in [6, 6.07) is 2.41. The second-order valence-corrected chi connectivity index (χ2v) is 9.59. The molecule has 2 aliphatic rings. The maximum Gasteiger partial charge on any atom is 0.349 e. The molecule has 2 heterocycles. The molecule has 220 valence electrons. The first-order valence-electron chi connectivity index (χ1n) is 12.6. The van der Waals surface area contributed by atoms with Crippen LogP contribution in [0, 0.1) is 5.92 Å². The highest BCUT2D eigenvalue weighted by atomic mass is 16.6. The van der Waals surface area contributed by atoms with Gasteiger partial charge in [-0.1, -0.05) is 13.8 Å². The van der Waals surface area contributed by atoms with Crippen molar-refractivity contribution in [3.05, 3.63) is 23.8 Å². The van der Waals surface area contributed by atoms with E-state index in [-0.39, 0.29) is 54.9 Å². The molecule has 2 aliphatic heterocycles. The summed E-state index contributed by atoms with van der Waals surface area (Å²) in [5, 5.41) is 15.2. The molecule has 2 bridgehead atoms. The van der Waals surface area contributed by atoms with Gasteiger partial charge in [0.2, 0.25) is 23.8 Å². The van der Waals surface area contributed by atoms with Crippen LogP contribution in [0.4, 0.5) is 0 Å². The Kier molecular flexibility index (Phi) is 11.7. The Labute approximate surface area is 231 Å². The van der Waals surface area contributed by atoms with Crippen molar-refractivity contribution in [3.8, 4) is 11.5 Å². The lowest BCUT2D eigenvalue weighted by molar-refractivity contribution is -0.150. The highest BCUT2D eigenvalue weighted by Crippen LogP contribution is 2.30. The van der Waals surface area contributed by atoms with Crippen LogP contribution in [0.1, 0.15) is 44.0 Å². The van der Waals surface area contributed by atoms with Gasteiger partial charge >= 0.3 is 5.97 Å². The van der Waals surface area contributed by atoms with E-state index in [0.29, 0.717) is 6.42 Å². The van der Waals surface area contributed by atoms with E-state index in [1.165, 1.54) is 31.3 Å². The molecule has 1 saturated heterocycles. The average Bonchev–Trinajstić information content (AvgIpc) is 3.35. The third-order valence-electron chi connectivity index (χ3n) is 6.43. The number of carbonyl (C=O) groups excluding carboxylic acids is 5. The molecule has 4 amide bonds. The van der Waals surface area contributed by atoms with Crippen LogP contribution in [0.2, 0.25) is 0 Å². The van der Waals surface area contributed by atoms with Gasteiger partial charge < -0.3 is 40.2 Å². The zero-order chi connectivity index (χ0) is 30.0. The monoisotopic (exact) mass is 564 g/mol. The van der Waals surface area contributed by atoms with Crippen molar-refractivity contribution < 1.29 is 48.1 Å². The van der Waals surface area contributed by atoms with E-state index in [4.69, 9.17) is 24.1 Å². The van der Waals surface area contributed by atoms with Crippen molar-refractivity contribution in [2.24, 2.45) is 5.92 Å². The summed E-state index contributed by atoms with van der Waals surface area (Å²) in [7, 11) is 2.61. The SMILES string of the molecule is COC(=O)[C@@H]1Oc2cc(ccc2OC)C(=O)N[C@@H](C(C)C)CN(C(=O)[C@@H]2CCC(=O)N2)CC(=O)N[C@H]1C.O=CO. The summed E-state index contributed by atoms with van der Waals surface area (Å²) in [6.45, 7) is 4.78. The second-order valence-electron chi connectivity index (χ2n) is 9.59. The number of nitrogens with zero attached hydrogens (tertiary/aromatic N) is 1. The molecule has 0 spiro atoms. The van der Waals surface area contributed by atoms with E-state index in [1.807, 2.05) is 13.8 Å². The van der Waals surface area contributed by atoms with Crippen LogP contribution in [0.25, 0.3) is 0 Å². The fourth-order valence-electron chi connectivity index (χ4n) is 4.23. The van der Waals surface area contributed by atoms with Gasteiger partial charge in [0.1, 0.15) is 6.04 Å². The average molecular weight is 565 g/mol. The minimum atomic E-state index is -1.27. The van der Waals surface area contributed by atoms with E-state index in [9.17, 15) is 24.0 Å². The van der Waals surface area contributed by atoms with Crippen molar-refractivity contribution in [1.29, 1.82) is 0 Å². The Morgan fingerprint density at radius 3 is 2.35 bits per heavy atom. The van der Waals surface area contributed by atoms with Crippen molar-refractivity contribution >= 4 is 36.1 Å². The molecule has 0 radical (unpaired) electrons. The summed E-state index contributed by atoms with van der Waals surface area (Å²) in [5.74, 6) is -2.08. The summed E-state index contributed by atoms with van der Waals surface area (Å²) in [4.78, 5) is 73.5. The number of carbonyl (C=O) groups is 6. The number of ether oxygens (including phenoxy) is 3. The zero-order valence-corrected chi connectivity index (χ0v) is 23.1. The number of esters is 1. The van der Waals surface area contributed by atoms with E-state index in [1.54, 1.807) is 13.0 Å². The highest BCUT2D eigenvalue weighted by molar-refractivity contribution is 5.96. The molecular weight excluding hydrogens is 528 g/mol. The number of rotatable bonds is 4. The standard InChI is InChI=1S/C25H34N4O8.CH2O2/c1-13(2)17-11-29(24(33)16-7-9-20(30)27-16)12-21(31)26-14(3)22(25(34)36-5)37-19-10-15(23(32)28-17)6-8-18(19)35-4;2-1-3/h6,8,10,13-14,16-17,22H,7,9,11-12H2,1-5H3,(H,26,31)(H,27,30)(H,28,32);1H,(H,2,3)/t14-,16-,17+,22+;/m0./s1. The van der Waals surface area contributed by atoms with Crippen LogP contribution in [-0.2, 0) is 28.7 Å². The van der Waals surface area contributed by atoms with Gasteiger partial charge in [-0.25, -0.2) is 4.79 Å². The van der Waals surface area contributed by atoms with Gasteiger partial charge in [-0.15, -0.1) is 0 Å². The van der Waals surface area contributed by atoms with Gasteiger partial charge in [0.15, 0.2) is 11.5 Å². The van der Waals surface area contributed by atoms with E-state index in [2.05, 4.69) is 16.0 Å². The Morgan fingerprint density at radius 2 is 1.80 bits per heavy atom. The van der Waals surface area contributed by atoms with Gasteiger partial charge in [-0.3, -0.25) is 24.0 Å². The Balaban J connectivity index is 0.00000178. The summed E-state index contributed by atoms with van der Waals surface area (Å²) >= 11 is 0.